The lowest BCUT2D eigenvalue weighted by Gasteiger charge is -2.42. The van der Waals surface area contributed by atoms with Crippen LogP contribution in [0.2, 0.25) is 0 Å². The van der Waals surface area contributed by atoms with Crippen LogP contribution in [0.5, 0.6) is 34.5 Å². The summed E-state index contributed by atoms with van der Waals surface area (Å²) in [6.07, 6.45) is 0. The summed E-state index contributed by atoms with van der Waals surface area (Å²) in [4.78, 5) is 0. The van der Waals surface area contributed by atoms with Crippen molar-refractivity contribution in [1.82, 2.24) is 0 Å². The van der Waals surface area contributed by atoms with Crippen molar-refractivity contribution in [3.8, 4) is 34.5 Å². The Morgan fingerprint density at radius 1 is 0.212 bits per heavy atom. The Morgan fingerprint density at radius 3 is 0.485 bits per heavy atom. The van der Waals surface area contributed by atoms with E-state index in [0.717, 1.165) is 117 Å². The molecule has 7 aromatic rings. The van der Waals surface area contributed by atoms with E-state index >= 15 is 0 Å². The third-order valence-electron chi connectivity index (χ3n) is 15.2. The van der Waals surface area contributed by atoms with Crippen molar-refractivity contribution in [1.29, 1.82) is 0 Å². The van der Waals surface area contributed by atoms with Gasteiger partial charge in [0.15, 0.2) is 0 Å². The maximum atomic E-state index is 11.1. The minimum absolute atomic E-state index is 0.208. The van der Waals surface area contributed by atoms with E-state index in [9.17, 15) is 30.6 Å². The second-order valence-corrected chi connectivity index (χ2v) is 19.9. The Labute approximate surface area is 391 Å². The molecule has 342 valence electrons. The van der Waals surface area contributed by atoms with E-state index in [2.05, 4.69) is 75.4 Å². The second-order valence-electron chi connectivity index (χ2n) is 19.9. The molecular weight excluding hydrogens is 817 g/mol. The van der Waals surface area contributed by atoms with Gasteiger partial charge in [0, 0.05) is 16.2 Å². The quantitative estimate of drug-likeness (QED) is 0.0803. The summed E-state index contributed by atoms with van der Waals surface area (Å²) in [5.74, 6) is 1.25. The van der Waals surface area contributed by atoms with Gasteiger partial charge in [-0.2, -0.15) is 0 Å². The lowest BCUT2D eigenvalue weighted by molar-refractivity contribution is 0.468. The van der Waals surface area contributed by atoms with Gasteiger partial charge in [0.1, 0.15) is 34.5 Å². The molecule has 0 fully saturated rings. The molecule has 0 heterocycles. The molecule has 0 aliphatic carbocycles. The molecule has 66 heavy (non-hydrogen) atoms. The highest BCUT2D eigenvalue weighted by molar-refractivity contribution is 5.67. The largest absolute Gasteiger partial charge is 0.508 e. The van der Waals surface area contributed by atoms with Gasteiger partial charge in [0.25, 0.3) is 0 Å². The fraction of sp³-hybridized carbons (Fsp3) is 0.300. The molecule has 6 nitrogen and oxygen atoms in total. The van der Waals surface area contributed by atoms with Crippen LogP contribution in [0.1, 0.15) is 138 Å². The summed E-state index contributed by atoms with van der Waals surface area (Å²) >= 11 is 0. The van der Waals surface area contributed by atoms with Crippen molar-refractivity contribution in [2.75, 3.05) is 0 Å². The summed E-state index contributed by atoms with van der Waals surface area (Å²) in [5.41, 5.74) is 15.8. The summed E-state index contributed by atoms with van der Waals surface area (Å²) < 4.78 is 0. The van der Waals surface area contributed by atoms with Crippen LogP contribution in [-0.4, -0.2) is 30.6 Å². The predicted molar refractivity (Wildman–Crippen MR) is 269 cm³/mol. The smallest absolute Gasteiger partial charge is 0.118 e. The highest BCUT2D eigenvalue weighted by atomic mass is 16.3. The van der Waals surface area contributed by atoms with Crippen LogP contribution in [0.4, 0.5) is 0 Å². The molecule has 0 saturated carbocycles. The van der Waals surface area contributed by atoms with Crippen molar-refractivity contribution in [2.45, 2.75) is 120 Å². The van der Waals surface area contributed by atoms with Gasteiger partial charge < -0.3 is 30.6 Å². The second kappa shape index (κ2) is 16.6. The Bertz CT molecular complexity index is 2600. The van der Waals surface area contributed by atoms with Crippen molar-refractivity contribution < 1.29 is 30.6 Å². The van der Waals surface area contributed by atoms with Crippen molar-refractivity contribution in [3.63, 3.8) is 0 Å². The number of phenols is 6. The molecule has 6 N–H and O–H groups in total. The average molecular weight is 883 g/mol. The SMILES string of the molecule is Cc1cc(C(C)(c2cc(C(C)(c3cc(C)c(O)cc3C)c3cc(C)c(O)cc3C)cc(C(C)(c3cc(C)c(O)cc3C)c3cc(C)c(O)cc3C)c2)c2cc(C)c(O)cc2C)c(C)cc1O. The molecule has 7 rings (SSSR count). The summed E-state index contributed by atoms with van der Waals surface area (Å²) in [7, 11) is 0. The summed E-state index contributed by atoms with van der Waals surface area (Å²) in [6.45, 7) is 30.4. The van der Waals surface area contributed by atoms with Gasteiger partial charge in [-0.05, 0) is 257 Å². The Morgan fingerprint density at radius 2 is 0.348 bits per heavy atom. The average Bonchev–Trinajstić information content (AvgIpc) is 3.24. The molecule has 7 aromatic carbocycles. The first kappa shape index (κ1) is 47.3. The maximum absolute atomic E-state index is 11.1. The van der Waals surface area contributed by atoms with E-state index in [-0.39, 0.29) is 34.5 Å². The number of aromatic hydroxyl groups is 6. The molecule has 0 aliphatic rings. The normalized spacial score (nSPS) is 12.2. The Balaban J connectivity index is 1.80. The maximum Gasteiger partial charge on any atom is 0.118 e. The molecular formula is C60H66O6. The molecule has 0 bridgehead atoms. The Hall–Kier alpha value is -6.66. The zero-order valence-electron chi connectivity index (χ0n) is 41.3. The van der Waals surface area contributed by atoms with Gasteiger partial charge in [-0.1, -0.05) is 54.6 Å². The third-order valence-corrected chi connectivity index (χ3v) is 15.2. The van der Waals surface area contributed by atoms with Crippen molar-refractivity contribution in [3.05, 3.63) is 208 Å². The number of phenolic OH excluding ortho intramolecular Hbond substituents is 6. The molecule has 0 atom stereocenters. The minimum atomic E-state index is -0.905. The van der Waals surface area contributed by atoms with Gasteiger partial charge in [0.05, 0.1) is 0 Å². The van der Waals surface area contributed by atoms with E-state index in [1.165, 1.54) is 0 Å². The van der Waals surface area contributed by atoms with Gasteiger partial charge in [0.2, 0.25) is 0 Å². The van der Waals surface area contributed by atoms with Crippen LogP contribution in [0.25, 0.3) is 0 Å². The van der Waals surface area contributed by atoms with E-state index < -0.39 is 16.2 Å². The van der Waals surface area contributed by atoms with Crippen LogP contribution in [0, 0.1) is 83.1 Å². The zero-order valence-corrected chi connectivity index (χ0v) is 41.3. The standard InChI is InChI=1S/C60H66O6/c1-31-22-52(61)37(7)16-46(31)58(13,47-17-38(8)53(62)23-32(47)2)43-28-44(59(14,48-18-39(9)54(63)24-33(48)3)49-19-40(10)55(64)25-34(49)4)30-45(29-43)60(15,50-20-41(11)56(65)26-35(50)5)51-21-42(12)57(66)27-36(51)6/h16-30,61-66H,1-15H3. The van der Waals surface area contributed by atoms with E-state index in [0.29, 0.717) is 0 Å². The Kier molecular flexibility index (Phi) is 11.9. The molecule has 0 unspecified atom stereocenters. The zero-order chi connectivity index (χ0) is 48.7. The predicted octanol–water partition coefficient (Wildman–Crippen LogP) is 13.7. The van der Waals surface area contributed by atoms with Gasteiger partial charge >= 0.3 is 0 Å². The van der Waals surface area contributed by atoms with Crippen LogP contribution >= 0.6 is 0 Å². The number of hydrogen-bond acceptors (Lipinski definition) is 6. The van der Waals surface area contributed by atoms with Crippen LogP contribution in [0.3, 0.4) is 0 Å². The molecule has 0 amide bonds. The topological polar surface area (TPSA) is 121 Å². The highest BCUT2D eigenvalue weighted by Gasteiger charge is 2.43. The number of rotatable bonds is 9. The van der Waals surface area contributed by atoms with Crippen molar-refractivity contribution in [2.24, 2.45) is 0 Å². The monoisotopic (exact) mass is 882 g/mol. The van der Waals surface area contributed by atoms with E-state index in [1.807, 2.05) is 119 Å². The molecule has 0 spiro atoms. The van der Waals surface area contributed by atoms with E-state index in [4.69, 9.17) is 0 Å². The number of benzene rings is 7. The van der Waals surface area contributed by atoms with Crippen LogP contribution in [0.15, 0.2) is 91.0 Å². The van der Waals surface area contributed by atoms with Crippen LogP contribution in [-0.2, 0) is 16.2 Å². The van der Waals surface area contributed by atoms with Gasteiger partial charge in [-0.15, -0.1) is 0 Å². The minimum Gasteiger partial charge on any atom is -0.508 e. The highest BCUT2D eigenvalue weighted by Crippen LogP contribution is 2.53. The fourth-order valence-electron chi connectivity index (χ4n) is 10.9. The fourth-order valence-corrected chi connectivity index (χ4v) is 10.9. The summed E-state index contributed by atoms with van der Waals surface area (Å²) in [5, 5.41) is 66.8. The lowest BCUT2D eigenvalue weighted by atomic mass is 9.61. The first-order chi connectivity index (χ1) is 30.7. The number of aryl methyl sites for hydroxylation is 12. The van der Waals surface area contributed by atoms with Gasteiger partial charge in [-0.3, -0.25) is 0 Å². The molecule has 0 aliphatic heterocycles. The number of hydrogen-bond donors (Lipinski definition) is 6. The molecule has 0 aromatic heterocycles. The van der Waals surface area contributed by atoms with Crippen molar-refractivity contribution >= 4 is 0 Å². The lowest BCUT2D eigenvalue weighted by Crippen LogP contribution is -2.34. The molecule has 0 saturated heterocycles. The first-order valence-corrected chi connectivity index (χ1v) is 22.8. The van der Waals surface area contributed by atoms with Crippen LogP contribution < -0.4 is 0 Å². The van der Waals surface area contributed by atoms with Gasteiger partial charge in [-0.25, -0.2) is 0 Å². The molecule has 0 radical (unpaired) electrons. The first-order valence-electron chi connectivity index (χ1n) is 22.8. The van der Waals surface area contributed by atoms with E-state index in [1.54, 1.807) is 0 Å². The summed E-state index contributed by atoms with van der Waals surface area (Å²) in [6, 6.07) is 30.4. The molecule has 6 heteroatoms. The third kappa shape index (κ3) is 7.54.